The van der Waals surface area contributed by atoms with Crippen molar-refractivity contribution < 1.29 is 9.53 Å². The van der Waals surface area contributed by atoms with Crippen molar-refractivity contribution in [3.63, 3.8) is 0 Å². The number of esters is 1. The summed E-state index contributed by atoms with van der Waals surface area (Å²) < 4.78 is 5.48. The first kappa shape index (κ1) is 19.5. The number of carbonyl (C=O) groups excluding carboxylic acids is 1. The van der Waals surface area contributed by atoms with Gasteiger partial charge in [-0.2, -0.15) is 0 Å². The van der Waals surface area contributed by atoms with E-state index >= 15 is 0 Å². The monoisotopic (exact) mass is 407 g/mol. The highest BCUT2D eigenvalue weighted by Crippen LogP contribution is 2.52. The largest absolute Gasteiger partial charge is 0.465 e. The highest BCUT2D eigenvalue weighted by molar-refractivity contribution is 5.85. The zero-order chi connectivity index (χ0) is 21.2. The number of hydrogen-bond donors (Lipinski definition) is 0. The standard InChI is InChI=1S/C28H25NO2/c1-2-31-28(30)27-26(24-18-17-20-11-9-10-16-23(20)19-24)29(27)25(21-12-5-3-6-13-21)22-14-7-4-8-15-22/h3-19,25-27H,2H2,1H3/t26-,27+,29?/m0/s1. The van der Waals surface area contributed by atoms with Crippen LogP contribution in [0.2, 0.25) is 0 Å². The van der Waals surface area contributed by atoms with Gasteiger partial charge in [0.15, 0.2) is 0 Å². The normalized spacial score (nSPS) is 20.0. The van der Waals surface area contributed by atoms with Gasteiger partial charge in [0.25, 0.3) is 0 Å². The maximum Gasteiger partial charge on any atom is 0.325 e. The summed E-state index contributed by atoms with van der Waals surface area (Å²) in [6, 6.07) is 35.3. The highest BCUT2D eigenvalue weighted by Gasteiger charge is 2.58. The molecule has 31 heavy (non-hydrogen) atoms. The average molecular weight is 408 g/mol. The van der Waals surface area contributed by atoms with Crippen LogP contribution in [0.1, 0.15) is 35.7 Å². The summed E-state index contributed by atoms with van der Waals surface area (Å²) in [5.74, 6) is -0.155. The summed E-state index contributed by atoms with van der Waals surface area (Å²) >= 11 is 0. The highest BCUT2D eigenvalue weighted by atomic mass is 16.5. The van der Waals surface area contributed by atoms with E-state index in [1.165, 1.54) is 21.9 Å². The fraction of sp³-hybridized carbons (Fsp3) is 0.179. The molecule has 3 nitrogen and oxygen atoms in total. The van der Waals surface area contributed by atoms with Crippen molar-refractivity contribution in [2.75, 3.05) is 6.61 Å². The van der Waals surface area contributed by atoms with Gasteiger partial charge >= 0.3 is 5.97 Å². The van der Waals surface area contributed by atoms with Crippen LogP contribution in [0, 0.1) is 0 Å². The van der Waals surface area contributed by atoms with Crippen molar-refractivity contribution in [1.29, 1.82) is 0 Å². The Hall–Kier alpha value is -3.43. The Morgan fingerprint density at radius 1 is 0.806 bits per heavy atom. The molecule has 1 heterocycles. The lowest BCUT2D eigenvalue weighted by atomic mass is 9.98. The fourth-order valence-corrected chi connectivity index (χ4v) is 4.60. The molecule has 1 unspecified atom stereocenters. The van der Waals surface area contributed by atoms with Gasteiger partial charge < -0.3 is 4.74 Å². The Morgan fingerprint density at radius 3 is 2.00 bits per heavy atom. The molecule has 4 aromatic rings. The average Bonchev–Trinajstić information content (AvgIpc) is 3.56. The predicted octanol–water partition coefficient (Wildman–Crippen LogP) is 5.92. The van der Waals surface area contributed by atoms with E-state index in [1.54, 1.807) is 0 Å². The molecule has 0 aromatic heterocycles. The Bertz CT molecular complexity index is 1150. The van der Waals surface area contributed by atoms with Gasteiger partial charge in [-0.3, -0.25) is 9.69 Å². The molecular formula is C28H25NO2. The molecule has 0 aliphatic carbocycles. The van der Waals surface area contributed by atoms with Crippen LogP contribution in [-0.4, -0.2) is 23.5 Å². The van der Waals surface area contributed by atoms with Crippen LogP contribution in [0.3, 0.4) is 0 Å². The molecule has 5 rings (SSSR count). The van der Waals surface area contributed by atoms with Gasteiger partial charge in [0, 0.05) is 0 Å². The topological polar surface area (TPSA) is 29.3 Å². The Labute approximate surface area is 182 Å². The van der Waals surface area contributed by atoms with Crippen LogP contribution in [0.25, 0.3) is 10.8 Å². The number of ether oxygens (including phenoxy) is 1. The number of hydrogen-bond acceptors (Lipinski definition) is 3. The lowest BCUT2D eigenvalue weighted by Crippen LogP contribution is -2.20. The number of fused-ring (bicyclic) bond motifs is 1. The minimum atomic E-state index is -0.300. The molecular weight excluding hydrogens is 382 g/mol. The summed E-state index contributed by atoms with van der Waals surface area (Å²) in [5, 5.41) is 2.39. The van der Waals surface area contributed by atoms with Gasteiger partial charge in [-0.1, -0.05) is 97.1 Å². The Balaban J connectivity index is 1.60. The first-order valence-electron chi connectivity index (χ1n) is 10.8. The quantitative estimate of drug-likeness (QED) is 0.294. The van der Waals surface area contributed by atoms with Crippen molar-refractivity contribution in [2.24, 2.45) is 0 Å². The van der Waals surface area contributed by atoms with Crippen molar-refractivity contribution in [3.05, 3.63) is 120 Å². The van der Waals surface area contributed by atoms with Crippen molar-refractivity contribution >= 4 is 16.7 Å². The summed E-state index contributed by atoms with van der Waals surface area (Å²) in [5.41, 5.74) is 3.49. The molecule has 1 aliphatic rings. The van der Waals surface area contributed by atoms with Crippen LogP contribution in [0.4, 0.5) is 0 Å². The van der Waals surface area contributed by atoms with Gasteiger partial charge in [-0.15, -0.1) is 0 Å². The van der Waals surface area contributed by atoms with Gasteiger partial charge in [0.05, 0.1) is 18.7 Å². The van der Waals surface area contributed by atoms with E-state index < -0.39 is 0 Å². The van der Waals surface area contributed by atoms with Crippen molar-refractivity contribution in [1.82, 2.24) is 4.90 Å². The molecule has 4 aromatic carbocycles. The Kier molecular flexibility index (Phi) is 5.27. The van der Waals surface area contributed by atoms with Gasteiger partial charge in [0.1, 0.15) is 6.04 Å². The van der Waals surface area contributed by atoms with Crippen LogP contribution >= 0.6 is 0 Å². The molecule has 0 N–H and O–H groups in total. The SMILES string of the molecule is CCOC(=O)[C@H]1[C@H](c2ccc3ccccc3c2)N1C(c1ccccc1)c1ccccc1. The van der Waals surface area contributed by atoms with E-state index in [0.717, 1.165) is 5.56 Å². The molecule has 154 valence electrons. The minimum absolute atomic E-state index is 0.0194. The van der Waals surface area contributed by atoms with E-state index in [9.17, 15) is 4.79 Å². The van der Waals surface area contributed by atoms with E-state index in [2.05, 4.69) is 89.8 Å². The molecule has 1 fully saturated rings. The lowest BCUT2D eigenvalue weighted by Gasteiger charge is -2.21. The van der Waals surface area contributed by atoms with Crippen molar-refractivity contribution in [2.45, 2.75) is 25.0 Å². The second-order valence-corrected chi connectivity index (χ2v) is 7.92. The maximum absolute atomic E-state index is 13.0. The van der Waals surface area contributed by atoms with Gasteiger partial charge in [-0.25, -0.2) is 0 Å². The second kappa shape index (κ2) is 8.37. The van der Waals surface area contributed by atoms with Crippen LogP contribution in [0.15, 0.2) is 103 Å². The van der Waals surface area contributed by atoms with Crippen molar-refractivity contribution in [3.8, 4) is 0 Å². The fourth-order valence-electron chi connectivity index (χ4n) is 4.60. The van der Waals surface area contributed by atoms with E-state index in [4.69, 9.17) is 4.74 Å². The molecule has 0 spiro atoms. The second-order valence-electron chi connectivity index (χ2n) is 7.92. The third-order valence-electron chi connectivity index (χ3n) is 6.02. The van der Waals surface area contributed by atoms with Gasteiger partial charge in [0.2, 0.25) is 0 Å². The molecule has 0 saturated carbocycles. The minimum Gasteiger partial charge on any atom is -0.465 e. The third-order valence-corrected chi connectivity index (χ3v) is 6.02. The first-order chi connectivity index (χ1) is 15.3. The smallest absolute Gasteiger partial charge is 0.325 e. The summed E-state index contributed by atoms with van der Waals surface area (Å²) in [6.07, 6.45) is 0. The molecule has 3 atom stereocenters. The summed E-state index contributed by atoms with van der Waals surface area (Å²) in [7, 11) is 0. The Morgan fingerprint density at radius 2 is 1.39 bits per heavy atom. The molecule has 0 radical (unpaired) electrons. The van der Waals surface area contributed by atoms with Crippen LogP contribution < -0.4 is 0 Å². The molecule has 1 saturated heterocycles. The molecule has 0 amide bonds. The molecule has 3 heteroatoms. The zero-order valence-electron chi connectivity index (χ0n) is 17.5. The molecule has 0 bridgehead atoms. The molecule has 1 aliphatic heterocycles. The maximum atomic E-state index is 13.0. The number of nitrogens with zero attached hydrogens (tertiary/aromatic N) is 1. The number of carbonyl (C=O) groups is 1. The first-order valence-corrected chi connectivity index (χ1v) is 10.8. The zero-order valence-corrected chi connectivity index (χ0v) is 17.5. The predicted molar refractivity (Wildman–Crippen MR) is 124 cm³/mol. The number of rotatable bonds is 6. The van der Waals surface area contributed by atoms with E-state index in [-0.39, 0.29) is 24.1 Å². The van der Waals surface area contributed by atoms with Crippen LogP contribution in [-0.2, 0) is 9.53 Å². The lowest BCUT2D eigenvalue weighted by molar-refractivity contribution is -0.143. The van der Waals surface area contributed by atoms with Gasteiger partial charge in [-0.05, 0) is 40.5 Å². The third kappa shape index (κ3) is 3.73. The van der Waals surface area contributed by atoms with E-state index in [0.29, 0.717) is 6.61 Å². The summed E-state index contributed by atoms with van der Waals surface area (Å²) in [6.45, 7) is 2.25. The number of benzene rings is 4. The van der Waals surface area contributed by atoms with E-state index in [1.807, 2.05) is 25.1 Å². The summed E-state index contributed by atoms with van der Waals surface area (Å²) in [4.78, 5) is 15.3. The van der Waals surface area contributed by atoms with Crippen LogP contribution in [0.5, 0.6) is 0 Å².